The summed E-state index contributed by atoms with van der Waals surface area (Å²) in [6.07, 6.45) is 2.22. The highest BCUT2D eigenvalue weighted by atomic mass is 14.9. The Morgan fingerprint density at radius 2 is 1.70 bits per heavy atom. The summed E-state index contributed by atoms with van der Waals surface area (Å²) in [6.45, 7) is 9.20. The Bertz CT molecular complexity index is 561. The van der Waals surface area contributed by atoms with Crippen molar-refractivity contribution in [1.29, 1.82) is 0 Å². The van der Waals surface area contributed by atoms with Crippen molar-refractivity contribution in [1.82, 2.24) is 5.32 Å². The highest BCUT2D eigenvalue weighted by molar-refractivity contribution is 5.67. The lowest BCUT2D eigenvalue weighted by molar-refractivity contribution is 0.725. The van der Waals surface area contributed by atoms with Crippen molar-refractivity contribution < 1.29 is 0 Å². The summed E-state index contributed by atoms with van der Waals surface area (Å²) in [5, 5.41) is 6.57. The van der Waals surface area contributed by atoms with E-state index in [0.29, 0.717) is 0 Å². The van der Waals surface area contributed by atoms with E-state index in [0.717, 1.165) is 41.9 Å². The van der Waals surface area contributed by atoms with Gasteiger partial charge in [-0.05, 0) is 69.1 Å². The molecule has 0 aliphatic heterocycles. The average Bonchev–Trinajstić information content (AvgIpc) is 2.44. The maximum Gasteiger partial charge on any atom is 0.0417 e. The van der Waals surface area contributed by atoms with Gasteiger partial charge in [-0.3, -0.25) is 0 Å². The lowest BCUT2D eigenvalue weighted by Crippen LogP contribution is -2.08. The lowest BCUT2D eigenvalue weighted by Gasteiger charge is -2.13. The summed E-state index contributed by atoms with van der Waals surface area (Å²) in [5.41, 5.74) is 5.41. The number of para-hydroxylation sites is 1. The molecular weight excluding hydrogens is 244 g/mol. The van der Waals surface area contributed by atoms with E-state index in [1.54, 1.807) is 0 Å². The molecule has 0 spiro atoms. The number of nitrogens with one attached hydrogen (secondary N) is 2. The Kier molecular flexibility index (Phi) is 5.19. The van der Waals surface area contributed by atoms with Gasteiger partial charge in [0.05, 0.1) is 0 Å². The fourth-order valence-corrected chi connectivity index (χ4v) is 2.18. The summed E-state index contributed by atoms with van der Waals surface area (Å²) in [4.78, 5) is 0. The largest absolute Gasteiger partial charge is 0.355 e. The Balaban J connectivity index is 2.08. The molecule has 2 aromatic rings. The summed E-state index contributed by atoms with van der Waals surface area (Å²) < 4.78 is 0. The second-order valence-electron chi connectivity index (χ2n) is 4.98. The molecule has 2 radical (unpaired) electrons. The van der Waals surface area contributed by atoms with Crippen LogP contribution in [-0.4, -0.2) is 13.6 Å². The number of hydrogen-bond acceptors (Lipinski definition) is 2. The molecule has 0 aromatic heterocycles. The van der Waals surface area contributed by atoms with Crippen molar-refractivity contribution >= 4 is 11.4 Å². The van der Waals surface area contributed by atoms with Crippen molar-refractivity contribution in [3.8, 4) is 0 Å². The zero-order valence-electron chi connectivity index (χ0n) is 12.1. The van der Waals surface area contributed by atoms with Crippen LogP contribution in [0.2, 0.25) is 0 Å². The number of aryl methyl sites for hydroxylation is 1. The van der Waals surface area contributed by atoms with Crippen LogP contribution in [0.4, 0.5) is 11.4 Å². The third-order valence-corrected chi connectivity index (χ3v) is 3.35. The molecule has 0 fully saturated rings. The Morgan fingerprint density at radius 1 is 0.950 bits per heavy atom. The van der Waals surface area contributed by atoms with Gasteiger partial charge in [0.1, 0.15) is 0 Å². The molecule has 0 saturated carbocycles. The van der Waals surface area contributed by atoms with Crippen molar-refractivity contribution in [3.63, 3.8) is 0 Å². The minimum atomic E-state index is 0.991. The third kappa shape index (κ3) is 3.84. The number of anilines is 2. The molecule has 0 saturated heterocycles. The number of hydrogen-bond donors (Lipinski definition) is 2. The maximum absolute atomic E-state index is 4.14. The second-order valence-corrected chi connectivity index (χ2v) is 4.98. The van der Waals surface area contributed by atoms with Gasteiger partial charge in [-0.2, -0.15) is 0 Å². The van der Waals surface area contributed by atoms with Crippen LogP contribution in [-0.2, 0) is 6.42 Å². The predicted octanol–water partition coefficient (Wildman–Crippen LogP) is 3.95. The molecule has 20 heavy (non-hydrogen) atoms. The van der Waals surface area contributed by atoms with Crippen LogP contribution in [0.1, 0.15) is 23.1 Å². The summed E-state index contributed by atoms with van der Waals surface area (Å²) in [6, 6.07) is 14.4. The SMILES string of the molecule is [CH2]c1ccccc1Nc1ccc(CCCNC)cc1[CH2]. The minimum Gasteiger partial charge on any atom is -0.355 e. The minimum absolute atomic E-state index is 0.991. The molecule has 0 atom stereocenters. The summed E-state index contributed by atoms with van der Waals surface area (Å²) >= 11 is 0. The van der Waals surface area contributed by atoms with Gasteiger partial charge in [0, 0.05) is 11.4 Å². The van der Waals surface area contributed by atoms with Crippen LogP contribution in [0.25, 0.3) is 0 Å². The summed E-state index contributed by atoms with van der Waals surface area (Å²) in [5.74, 6) is 0. The topological polar surface area (TPSA) is 24.1 Å². The first-order valence-corrected chi connectivity index (χ1v) is 6.98. The van der Waals surface area contributed by atoms with Crippen LogP contribution in [0, 0.1) is 13.8 Å². The molecule has 0 bridgehead atoms. The highest BCUT2D eigenvalue weighted by Gasteiger charge is 2.02. The van der Waals surface area contributed by atoms with Gasteiger partial charge in [-0.15, -0.1) is 0 Å². The van der Waals surface area contributed by atoms with Crippen LogP contribution >= 0.6 is 0 Å². The quantitative estimate of drug-likeness (QED) is 0.774. The van der Waals surface area contributed by atoms with E-state index in [1.165, 1.54) is 5.56 Å². The molecule has 2 heteroatoms. The third-order valence-electron chi connectivity index (χ3n) is 3.35. The maximum atomic E-state index is 4.14. The predicted molar refractivity (Wildman–Crippen MR) is 87.3 cm³/mol. The molecule has 0 heterocycles. The van der Waals surface area contributed by atoms with Crippen LogP contribution < -0.4 is 10.6 Å². The Hall–Kier alpha value is -1.80. The first-order valence-electron chi connectivity index (χ1n) is 6.98. The van der Waals surface area contributed by atoms with E-state index in [2.05, 4.69) is 42.7 Å². The monoisotopic (exact) mass is 266 g/mol. The fourth-order valence-electron chi connectivity index (χ4n) is 2.18. The second kappa shape index (κ2) is 7.11. The number of rotatable bonds is 6. The normalized spacial score (nSPS) is 10.6. The molecule has 104 valence electrons. The zero-order valence-corrected chi connectivity index (χ0v) is 12.1. The molecule has 2 N–H and O–H groups in total. The fraction of sp³-hybridized carbons (Fsp3) is 0.222. The first kappa shape index (κ1) is 14.6. The van der Waals surface area contributed by atoms with E-state index < -0.39 is 0 Å². The molecule has 2 nitrogen and oxygen atoms in total. The van der Waals surface area contributed by atoms with E-state index >= 15 is 0 Å². The van der Waals surface area contributed by atoms with Gasteiger partial charge >= 0.3 is 0 Å². The van der Waals surface area contributed by atoms with Gasteiger partial charge in [0.25, 0.3) is 0 Å². The number of benzene rings is 2. The van der Waals surface area contributed by atoms with Gasteiger partial charge in [0.15, 0.2) is 0 Å². The Labute approximate surface area is 122 Å². The van der Waals surface area contributed by atoms with Crippen LogP contribution in [0.5, 0.6) is 0 Å². The molecule has 0 amide bonds. The van der Waals surface area contributed by atoms with Crippen LogP contribution in [0.15, 0.2) is 42.5 Å². The average molecular weight is 266 g/mol. The molecule has 2 rings (SSSR count). The van der Waals surface area contributed by atoms with Crippen molar-refractivity contribution in [2.45, 2.75) is 12.8 Å². The van der Waals surface area contributed by atoms with Crippen molar-refractivity contribution in [3.05, 3.63) is 73.0 Å². The Morgan fingerprint density at radius 3 is 2.40 bits per heavy atom. The van der Waals surface area contributed by atoms with E-state index in [1.807, 2.05) is 31.3 Å². The zero-order chi connectivity index (χ0) is 14.4. The van der Waals surface area contributed by atoms with Gasteiger partial charge in [-0.1, -0.05) is 30.3 Å². The lowest BCUT2D eigenvalue weighted by atomic mass is 10.0. The van der Waals surface area contributed by atoms with E-state index in [-0.39, 0.29) is 0 Å². The molecule has 2 aromatic carbocycles. The van der Waals surface area contributed by atoms with E-state index in [4.69, 9.17) is 0 Å². The summed E-state index contributed by atoms with van der Waals surface area (Å²) in [7, 11) is 1.98. The standard InChI is InChI=1S/C18H22N2/c1-14-7-4-5-9-17(14)20-18-11-10-16(13-15(18)2)8-6-12-19-3/h4-5,7,9-11,13,19-20H,1-2,6,8,12H2,3H3. The molecular formula is C18H22N2. The van der Waals surface area contributed by atoms with Crippen LogP contribution in [0.3, 0.4) is 0 Å². The molecule has 0 unspecified atom stereocenters. The molecule has 0 aliphatic rings. The molecule has 0 aliphatic carbocycles. The first-order chi connectivity index (χ1) is 9.70. The van der Waals surface area contributed by atoms with Crippen molar-refractivity contribution in [2.75, 3.05) is 18.9 Å². The van der Waals surface area contributed by atoms with Gasteiger partial charge in [-0.25, -0.2) is 0 Å². The highest BCUT2D eigenvalue weighted by Crippen LogP contribution is 2.24. The van der Waals surface area contributed by atoms with Crippen molar-refractivity contribution in [2.24, 2.45) is 0 Å². The smallest absolute Gasteiger partial charge is 0.0417 e. The van der Waals surface area contributed by atoms with E-state index in [9.17, 15) is 0 Å². The van der Waals surface area contributed by atoms with Gasteiger partial charge in [0.2, 0.25) is 0 Å². The van der Waals surface area contributed by atoms with Gasteiger partial charge < -0.3 is 10.6 Å².